The van der Waals surface area contributed by atoms with E-state index in [2.05, 4.69) is 225 Å². The SMILES string of the molecule is CC1=CC=CC2[CH]([Hf+2]([C]3=CC=CC3)=[C](c3ccc4ccccc4c3)c3ccc4ccccc4c3)C3(C)C4(C)C=CC=CC4(C)C4(C)C=CC=CC4(C)C3(C)C12C.[Cl-].[Cl-]. The van der Waals surface area contributed by atoms with E-state index < -0.39 is 21.0 Å². The van der Waals surface area contributed by atoms with Crippen molar-refractivity contribution >= 4 is 24.8 Å². The summed E-state index contributed by atoms with van der Waals surface area (Å²) >= 11 is -3.37. The van der Waals surface area contributed by atoms with Gasteiger partial charge in [0.05, 0.1) is 0 Å². The Labute approximate surface area is 367 Å². The zero-order valence-electron chi connectivity index (χ0n) is 35.3. The summed E-state index contributed by atoms with van der Waals surface area (Å²) in [6, 6.07) is 32.8. The van der Waals surface area contributed by atoms with E-state index in [1.807, 2.05) is 0 Å². The van der Waals surface area contributed by atoms with Crippen LogP contribution in [0.5, 0.6) is 0 Å². The van der Waals surface area contributed by atoms with Crippen molar-refractivity contribution in [1.82, 2.24) is 0 Å². The first-order chi connectivity index (χ1) is 26.8. The number of benzene rings is 4. The Hall–Kier alpha value is -3.36. The first-order valence-electron chi connectivity index (χ1n) is 21.0. The molecule has 0 heterocycles. The summed E-state index contributed by atoms with van der Waals surface area (Å²) in [4.78, 5) is 0. The molecule has 0 N–H and O–H groups in total. The molecule has 4 aromatic rings. The average Bonchev–Trinajstić information content (AvgIpc) is 3.80. The van der Waals surface area contributed by atoms with E-state index in [0.29, 0.717) is 9.59 Å². The van der Waals surface area contributed by atoms with Gasteiger partial charge in [0.2, 0.25) is 0 Å². The smallest absolute Gasteiger partial charge is 1.00 e. The van der Waals surface area contributed by atoms with Gasteiger partial charge in [0, 0.05) is 0 Å². The summed E-state index contributed by atoms with van der Waals surface area (Å²) in [5.41, 5.74) is 3.58. The van der Waals surface area contributed by atoms with E-state index in [9.17, 15) is 0 Å². The molecular weight excluding hydrogens is 910 g/mol. The van der Waals surface area contributed by atoms with Crippen LogP contribution >= 0.6 is 0 Å². The van der Waals surface area contributed by atoms with Crippen molar-refractivity contribution in [3.8, 4) is 0 Å². The quantitative estimate of drug-likeness (QED) is 0.181. The van der Waals surface area contributed by atoms with Crippen LogP contribution < -0.4 is 24.8 Å². The fourth-order valence-corrected chi connectivity index (χ4v) is 30.9. The third-order valence-electron chi connectivity index (χ3n) is 18.3. The molecule has 0 nitrogen and oxygen atoms in total. The van der Waals surface area contributed by atoms with E-state index in [4.69, 9.17) is 0 Å². The van der Waals surface area contributed by atoms with Crippen LogP contribution in [0.15, 0.2) is 179 Å². The summed E-state index contributed by atoms with van der Waals surface area (Å²) in [5, 5.41) is 5.28. The first-order valence-corrected chi connectivity index (χ1v) is 26.7. The van der Waals surface area contributed by atoms with Gasteiger partial charge in [-0.05, 0) is 0 Å². The summed E-state index contributed by atoms with van der Waals surface area (Å²) in [5.74, 6) is 0.390. The third-order valence-corrected chi connectivity index (χ3v) is 31.7. The molecular formula is C55H56Cl2Hf. The van der Waals surface area contributed by atoms with E-state index in [-0.39, 0.29) is 62.7 Å². The number of rotatable bonds is 4. The minimum absolute atomic E-state index is 0. The second-order valence-corrected chi connectivity index (χ2v) is 28.6. The molecule has 0 aromatic heterocycles. The molecule has 0 bridgehead atoms. The van der Waals surface area contributed by atoms with Crippen LogP contribution in [0.2, 0.25) is 3.67 Å². The number of allylic oxidation sites excluding steroid dienone is 16. The van der Waals surface area contributed by atoms with Crippen LogP contribution in [-0.4, -0.2) is 3.26 Å². The van der Waals surface area contributed by atoms with Crippen LogP contribution in [-0.2, 0) is 21.0 Å². The zero-order chi connectivity index (χ0) is 38.9. The van der Waals surface area contributed by atoms with Gasteiger partial charge in [0.25, 0.3) is 0 Å². The van der Waals surface area contributed by atoms with Gasteiger partial charge in [-0.15, -0.1) is 0 Å². The second kappa shape index (κ2) is 13.8. The molecule has 0 saturated heterocycles. The van der Waals surface area contributed by atoms with Crippen molar-refractivity contribution in [3.05, 3.63) is 190 Å². The van der Waals surface area contributed by atoms with Gasteiger partial charge < -0.3 is 24.8 Å². The summed E-state index contributed by atoms with van der Waals surface area (Å²) in [7, 11) is 0. The maximum absolute atomic E-state index is 3.37. The predicted molar refractivity (Wildman–Crippen MR) is 236 cm³/mol. The number of halogens is 2. The summed E-state index contributed by atoms with van der Waals surface area (Å²) in [6.45, 7) is 21.4. The molecule has 2 saturated carbocycles. The van der Waals surface area contributed by atoms with Gasteiger partial charge >= 0.3 is 345 Å². The largest absolute Gasteiger partial charge is 1.00 e. The molecule has 9 atom stereocenters. The third kappa shape index (κ3) is 4.71. The van der Waals surface area contributed by atoms with Gasteiger partial charge in [0.15, 0.2) is 0 Å². The van der Waals surface area contributed by atoms with Crippen LogP contribution in [0.4, 0.5) is 0 Å². The fraction of sp³-hybridized carbons (Fsp3) is 0.327. The Balaban J connectivity index is 0.00000235. The molecule has 58 heavy (non-hydrogen) atoms. The van der Waals surface area contributed by atoms with E-state index >= 15 is 0 Å². The maximum Gasteiger partial charge on any atom is -1.00 e. The van der Waals surface area contributed by atoms with Crippen LogP contribution in [0.25, 0.3) is 21.5 Å². The van der Waals surface area contributed by atoms with Gasteiger partial charge in [0.1, 0.15) is 0 Å². The second-order valence-electron chi connectivity index (χ2n) is 19.3. The molecule has 10 rings (SSSR count). The molecule has 0 radical (unpaired) electrons. The normalized spacial score (nSPS) is 37.1. The van der Waals surface area contributed by atoms with Gasteiger partial charge in [-0.2, -0.15) is 0 Å². The number of fused-ring (bicyclic) bond motifs is 10. The average molecular weight is 966 g/mol. The molecule has 2 fully saturated rings. The van der Waals surface area contributed by atoms with Crippen molar-refractivity contribution in [2.24, 2.45) is 43.8 Å². The Morgan fingerprint density at radius 2 is 1.05 bits per heavy atom. The Morgan fingerprint density at radius 1 is 0.552 bits per heavy atom. The molecule has 0 amide bonds. The first kappa shape index (κ1) is 41.4. The van der Waals surface area contributed by atoms with Crippen LogP contribution in [0.3, 0.4) is 0 Å². The number of hydrogen-bond donors (Lipinski definition) is 0. The van der Waals surface area contributed by atoms with Crippen LogP contribution in [0, 0.1) is 43.8 Å². The predicted octanol–water partition coefficient (Wildman–Crippen LogP) is 8.28. The molecule has 4 aromatic carbocycles. The minimum Gasteiger partial charge on any atom is -1.00 e. The standard InChI is InChI=1S/C29H37.C21H14.C5H5.2ClH.Hf/c1-21-14-13-15-22-20-27(6)25(4)18-10-9-16-23(25,2)24(3)17-11-12-19-26(24,5)29(27,8)28(21,22)7;1-3-7-20-14-16(9-11-18(20)5-1)13-17-10-12-19-6-2-4-8-21(19)15-17;1-2-4-5-3-1;;;/h9-20,22H,1-8H3;1-12,14-15H;1-3H,4H2;2*1H;/q;;;;;+2/p-2. The topological polar surface area (TPSA) is 0 Å². The van der Waals surface area contributed by atoms with Crippen molar-refractivity contribution in [3.63, 3.8) is 0 Å². The van der Waals surface area contributed by atoms with E-state index in [1.54, 1.807) is 12.2 Å². The van der Waals surface area contributed by atoms with E-state index in [0.717, 1.165) is 6.42 Å². The molecule has 294 valence electrons. The Bertz CT molecular complexity index is 2580. The van der Waals surface area contributed by atoms with Gasteiger partial charge in [-0.3, -0.25) is 0 Å². The van der Waals surface area contributed by atoms with Crippen molar-refractivity contribution in [2.45, 2.75) is 65.5 Å². The van der Waals surface area contributed by atoms with Gasteiger partial charge in [-0.25, -0.2) is 0 Å². The summed E-state index contributed by atoms with van der Waals surface area (Å²) in [6.07, 6.45) is 36.3. The zero-order valence-corrected chi connectivity index (χ0v) is 40.4. The van der Waals surface area contributed by atoms with Crippen LogP contribution in [0.1, 0.15) is 72.9 Å². The molecule has 9 unspecified atom stereocenters. The van der Waals surface area contributed by atoms with Crippen molar-refractivity contribution < 1.29 is 45.8 Å². The molecule has 6 aliphatic rings. The van der Waals surface area contributed by atoms with Crippen molar-refractivity contribution in [2.75, 3.05) is 0 Å². The Morgan fingerprint density at radius 3 is 1.59 bits per heavy atom. The molecule has 3 heteroatoms. The van der Waals surface area contributed by atoms with Gasteiger partial charge in [-0.1, -0.05) is 0 Å². The number of hydrogen-bond acceptors (Lipinski definition) is 0. The fourth-order valence-electron chi connectivity index (χ4n) is 14.6. The van der Waals surface area contributed by atoms with Crippen molar-refractivity contribution in [1.29, 1.82) is 0 Å². The molecule has 6 aliphatic carbocycles. The summed E-state index contributed by atoms with van der Waals surface area (Å²) < 4.78 is 3.91. The Kier molecular flexibility index (Phi) is 9.87. The minimum atomic E-state index is -3.37. The monoisotopic (exact) mass is 966 g/mol. The molecule has 0 aliphatic heterocycles. The van der Waals surface area contributed by atoms with E-state index in [1.165, 1.54) is 32.7 Å². The maximum atomic E-state index is 2.83. The molecule has 0 spiro atoms.